The molecule has 1 aliphatic heterocycles. The number of amides is 1. The third-order valence-corrected chi connectivity index (χ3v) is 3.74. The third kappa shape index (κ3) is 3.64. The van der Waals surface area contributed by atoms with E-state index in [2.05, 4.69) is 21.2 Å². The second kappa shape index (κ2) is 5.89. The molecule has 0 aromatic heterocycles. The van der Waals surface area contributed by atoms with Crippen LogP contribution in [0, 0.1) is 5.41 Å². The molecular formula is C15H16BrNO4. The minimum Gasteiger partial charge on any atom is -0.488 e. The molecule has 2 rings (SSSR count). The van der Waals surface area contributed by atoms with Crippen molar-refractivity contribution in [2.24, 2.45) is 5.41 Å². The van der Waals surface area contributed by atoms with Crippen molar-refractivity contribution in [3.63, 3.8) is 0 Å². The van der Waals surface area contributed by atoms with Gasteiger partial charge in [-0.25, -0.2) is 0 Å². The van der Waals surface area contributed by atoms with Crippen LogP contribution in [0.2, 0.25) is 0 Å². The van der Waals surface area contributed by atoms with Gasteiger partial charge in [0.15, 0.2) is 0 Å². The van der Waals surface area contributed by atoms with E-state index in [0.29, 0.717) is 5.57 Å². The van der Waals surface area contributed by atoms with Crippen molar-refractivity contribution < 1.29 is 19.4 Å². The molecule has 0 fully saturated rings. The molecule has 1 aromatic carbocycles. The SMILES string of the molecule is CC(C)(CNC(=O)C1=Cc2cc(Br)ccc2OC1)C(=O)O. The fourth-order valence-electron chi connectivity index (χ4n) is 1.77. The van der Waals surface area contributed by atoms with E-state index in [9.17, 15) is 9.59 Å². The molecule has 1 aromatic rings. The Balaban J connectivity index is 2.09. The number of hydrogen-bond donors (Lipinski definition) is 2. The maximum atomic E-state index is 12.1. The Bertz CT molecular complexity index is 622. The first-order valence-corrected chi connectivity index (χ1v) is 7.23. The van der Waals surface area contributed by atoms with Crippen LogP contribution in [0.3, 0.4) is 0 Å². The zero-order chi connectivity index (χ0) is 15.6. The molecule has 0 aliphatic carbocycles. The van der Waals surface area contributed by atoms with Crippen LogP contribution in [0.5, 0.6) is 5.75 Å². The summed E-state index contributed by atoms with van der Waals surface area (Å²) < 4.78 is 6.42. The van der Waals surface area contributed by atoms with E-state index in [1.165, 1.54) is 0 Å². The molecular weight excluding hydrogens is 338 g/mol. The minimum atomic E-state index is -1.01. The fourth-order valence-corrected chi connectivity index (χ4v) is 2.15. The maximum absolute atomic E-state index is 12.1. The Morgan fingerprint density at radius 1 is 1.43 bits per heavy atom. The highest BCUT2D eigenvalue weighted by Gasteiger charge is 2.28. The fraction of sp³-hybridized carbons (Fsp3) is 0.333. The number of hydrogen-bond acceptors (Lipinski definition) is 3. The Morgan fingerprint density at radius 2 is 2.14 bits per heavy atom. The molecule has 1 aliphatic rings. The van der Waals surface area contributed by atoms with Gasteiger partial charge in [-0.05, 0) is 38.1 Å². The topological polar surface area (TPSA) is 75.6 Å². The normalized spacial score (nSPS) is 13.8. The molecule has 21 heavy (non-hydrogen) atoms. The van der Waals surface area contributed by atoms with Crippen molar-refractivity contribution in [2.45, 2.75) is 13.8 Å². The van der Waals surface area contributed by atoms with Gasteiger partial charge in [0, 0.05) is 16.6 Å². The first-order chi connectivity index (χ1) is 9.79. The van der Waals surface area contributed by atoms with Gasteiger partial charge in [0.05, 0.1) is 11.0 Å². The summed E-state index contributed by atoms with van der Waals surface area (Å²) in [5.74, 6) is -0.540. The van der Waals surface area contributed by atoms with Gasteiger partial charge in [0.2, 0.25) is 0 Å². The van der Waals surface area contributed by atoms with Gasteiger partial charge in [0.25, 0.3) is 5.91 Å². The lowest BCUT2D eigenvalue weighted by Crippen LogP contribution is -2.40. The highest BCUT2D eigenvalue weighted by Crippen LogP contribution is 2.29. The highest BCUT2D eigenvalue weighted by molar-refractivity contribution is 9.10. The van der Waals surface area contributed by atoms with Gasteiger partial charge in [0.1, 0.15) is 12.4 Å². The summed E-state index contributed by atoms with van der Waals surface area (Å²) in [7, 11) is 0. The zero-order valence-corrected chi connectivity index (χ0v) is 13.4. The van der Waals surface area contributed by atoms with Crippen LogP contribution < -0.4 is 10.1 Å². The van der Waals surface area contributed by atoms with E-state index >= 15 is 0 Å². The highest BCUT2D eigenvalue weighted by atomic mass is 79.9. The van der Waals surface area contributed by atoms with Gasteiger partial charge in [-0.1, -0.05) is 15.9 Å². The molecule has 112 valence electrons. The average molecular weight is 354 g/mol. The number of carbonyl (C=O) groups excluding carboxylic acids is 1. The van der Waals surface area contributed by atoms with E-state index in [1.54, 1.807) is 19.9 Å². The zero-order valence-electron chi connectivity index (χ0n) is 11.8. The van der Waals surface area contributed by atoms with Crippen molar-refractivity contribution in [3.05, 3.63) is 33.8 Å². The number of ether oxygens (including phenoxy) is 1. The van der Waals surface area contributed by atoms with Crippen molar-refractivity contribution >= 4 is 33.9 Å². The number of halogens is 1. The van der Waals surface area contributed by atoms with E-state index in [-0.39, 0.29) is 19.1 Å². The number of benzene rings is 1. The van der Waals surface area contributed by atoms with Crippen LogP contribution in [0.25, 0.3) is 6.08 Å². The molecule has 5 nitrogen and oxygen atoms in total. The Morgan fingerprint density at radius 3 is 2.81 bits per heavy atom. The summed E-state index contributed by atoms with van der Waals surface area (Å²) in [5, 5.41) is 11.7. The molecule has 6 heteroatoms. The Kier molecular flexibility index (Phi) is 4.37. The van der Waals surface area contributed by atoms with Crippen LogP contribution in [-0.2, 0) is 9.59 Å². The molecule has 0 saturated carbocycles. The first-order valence-electron chi connectivity index (χ1n) is 6.44. The molecule has 0 spiro atoms. The number of carboxylic acid groups (broad SMARTS) is 1. The molecule has 1 heterocycles. The Labute approximate surface area is 131 Å². The van der Waals surface area contributed by atoms with Crippen LogP contribution in [0.4, 0.5) is 0 Å². The lowest BCUT2D eigenvalue weighted by Gasteiger charge is -2.21. The molecule has 2 N–H and O–H groups in total. The summed E-state index contributed by atoms with van der Waals surface area (Å²) in [4.78, 5) is 23.1. The van der Waals surface area contributed by atoms with Crippen molar-refractivity contribution in [2.75, 3.05) is 13.2 Å². The number of rotatable bonds is 4. The Hall–Kier alpha value is -1.82. The summed E-state index contributed by atoms with van der Waals surface area (Å²) in [6.07, 6.45) is 1.76. The van der Waals surface area contributed by atoms with Gasteiger partial charge >= 0.3 is 5.97 Å². The molecule has 0 atom stereocenters. The quantitative estimate of drug-likeness (QED) is 0.871. The average Bonchev–Trinajstić information content (AvgIpc) is 2.43. The molecule has 0 saturated heterocycles. The predicted molar refractivity (Wildman–Crippen MR) is 82.0 cm³/mol. The predicted octanol–water partition coefficient (Wildman–Crippen LogP) is 2.45. The summed E-state index contributed by atoms with van der Waals surface area (Å²) in [6, 6.07) is 5.56. The van der Waals surface area contributed by atoms with E-state index in [1.807, 2.05) is 18.2 Å². The smallest absolute Gasteiger partial charge is 0.310 e. The number of carbonyl (C=O) groups is 2. The number of aliphatic carboxylic acids is 1. The first kappa shape index (κ1) is 15.6. The van der Waals surface area contributed by atoms with E-state index in [0.717, 1.165) is 15.8 Å². The van der Waals surface area contributed by atoms with Crippen LogP contribution in [0.15, 0.2) is 28.2 Å². The monoisotopic (exact) mass is 353 g/mol. The van der Waals surface area contributed by atoms with Crippen molar-refractivity contribution in [1.82, 2.24) is 5.32 Å². The number of carboxylic acids is 1. The molecule has 0 radical (unpaired) electrons. The van der Waals surface area contributed by atoms with Crippen molar-refractivity contribution in [1.29, 1.82) is 0 Å². The van der Waals surface area contributed by atoms with Crippen LogP contribution in [0.1, 0.15) is 19.4 Å². The van der Waals surface area contributed by atoms with E-state index < -0.39 is 11.4 Å². The molecule has 0 unspecified atom stereocenters. The molecule has 1 amide bonds. The summed E-state index contributed by atoms with van der Waals surface area (Å²) >= 11 is 3.37. The van der Waals surface area contributed by atoms with Gasteiger partial charge < -0.3 is 15.2 Å². The lowest BCUT2D eigenvalue weighted by atomic mass is 9.94. The van der Waals surface area contributed by atoms with Crippen molar-refractivity contribution in [3.8, 4) is 5.75 Å². The van der Waals surface area contributed by atoms with Gasteiger partial charge in [-0.2, -0.15) is 0 Å². The standard InChI is InChI=1S/C15H16BrNO4/c1-15(2,14(19)20)8-17-13(18)10-5-9-6-11(16)3-4-12(9)21-7-10/h3-6H,7-8H2,1-2H3,(H,17,18)(H,19,20). The minimum absolute atomic E-state index is 0.0594. The lowest BCUT2D eigenvalue weighted by molar-refractivity contribution is -0.146. The summed E-state index contributed by atoms with van der Waals surface area (Å²) in [5.41, 5.74) is 0.284. The van der Waals surface area contributed by atoms with Gasteiger partial charge in [-0.15, -0.1) is 0 Å². The number of nitrogens with one attached hydrogen (secondary N) is 1. The second-order valence-corrected chi connectivity index (χ2v) is 6.43. The van der Waals surface area contributed by atoms with Gasteiger partial charge in [-0.3, -0.25) is 9.59 Å². The number of fused-ring (bicyclic) bond motifs is 1. The summed E-state index contributed by atoms with van der Waals surface area (Å²) in [6.45, 7) is 3.36. The molecule has 0 bridgehead atoms. The third-order valence-electron chi connectivity index (χ3n) is 3.25. The largest absolute Gasteiger partial charge is 0.488 e. The second-order valence-electron chi connectivity index (χ2n) is 5.51. The maximum Gasteiger partial charge on any atom is 0.310 e. The van der Waals surface area contributed by atoms with Crippen LogP contribution in [-0.4, -0.2) is 30.1 Å². The van der Waals surface area contributed by atoms with Crippen LogP contribution >= 0.6 is 15.9 Å². The van der Waals surface area contributed by atoms with E-state index in [4.69, 9.17) is 9.84 Å².